The van der Waals surface area contributed by atoms with Crippen LogP contribution in [0.4, 0.5) is 4.79 Å². The molecule has 2 fully saturated rings. The van der Waals surface area contributed by atoms with Crippen molar-refractivity contribution < 1.29 is 29.3 Å². The van der Waals surface area contributed by atoms with Gasteiger partial charge in [0.1, 0.15) is 5.60 Å². The van der Waals surface area contributed by atoms with Gasteiger partial charge in [-0.3, -0.25) is 19.2 Å². The van der Waals surface area contributed by atoms with Gasteiger partial charge in [-0.05, 0) is 160 Å². The van der Waals surface area contributed by atoms with Gasteiger partial charge in [-0.1, -0.05) is 0 Å². The number of aliphatic hydroxyl groups is 2. The third-order valence-electron chi connectivity index (χ3n) is 12.2. The number of rotatable bonds is 11. The summed E-state index contributed by atoms with van der Waals surface area (Å²) in [5.41, 5.74) is 12.1. The van der Waals surface area contributed by atoms with E-state index in [2.05, 4.69) is 25.9 Å². The molecular weight excluding hydrogens is 841 g/mol. The molecule has 2 unspecified atom stereocenters. The molecule has 2 saturated carbocycles. The zero-order valence-electron chi connectivity index (χ0n) is 38.1. The van der Waals surface area contributed by atoms with Crippen LogP contribution < -0.4 is 32.8 Å². The van der Waals surface area contributed by atoms with Crippen molar-refractivity contribution in [2.45, 2.75) is 157 Å². The highest BCUT2D eigenvalue weighted by Crippen LogP contribution is 2.40. The molecule has 0 bridgehead atoms. The molecule has 4 heterocycles. The minimum atomic E-state index is -0.661. The lowest BCUT2D eigenvalue weighted by molar-refractivity contribution is 0.0451. The number of hydrogen-bond donors (Lipinski definition) is 8. The fraction of sp³-hybridized carbons (Fsp3) is 0.553. The molecule has 6 rings (SSSR count). The number of aromatic amines is 2. The van der Waals surface area contributed by atoms with Gasteiger partial charge < -0.3 is 46.6 Å². The van der Waals surface area contributed by atoms with Crippen molar-refractivity contribution >= 4 is 40.6 Å². The number of nitrogens with one attached hydrogen (secondary N) is 5. The Morgan fingerprint density at radius 3 is 1.49 bits per heavy atom. The molecule has 2 atom stereocenters. The van der Waals surface area contributed by atoms with Crippen LogP contribution in [0, 0.1) is 53.4 Å². The minimum absolute atomic E-state index is 0.0347. The number of aromatic nitrogens is 2. The molecule has 0 spiro atoms. The maximum absolute atomic E-state index is 12.8. The zero-order chi connectivity index (χ0) is 46.3. The number of hydrogen-bond acceptors (Lipinski definition) is 11. The molecule has 344 valence electrons. The van der Waals surface area contributed by atoms with Crippen LogP contribution >= 0.6 is 22.7 Å². The van der Waals surface area contributed by atoms with E-state index in [1.165, 1.54) is 22.7 Å². The summed E-state index contributed by atoms with van der Waals surface area (Å²) in [5.74, 6) is -0.227. The normalized spacial score (nSPS) is 19.9. The van der Waals surface area contributed by atoms with Crippen LogP contribution in [0.15, 0.2) is 32.5 Å². The monoisotopic (exact) mass is 906 g/mol. The van der Waals surface area contributed by atoms with E-state index >= 15 is 0 Å². The predicted octanol–water partition coefficient (Wildman–Crippen LogP) is 7.25. The van der Waals surface area contributed by atoms with Gasteiger partial charge >= 0.3 is 6.09 Å². The number of H-pyrrole nitrogens is 2. The number of aliphatic hydroxyl groups excluding tert-OH is 2. The van der Waals surface area contributed by atoms with Gasteiger partial charge in [0.05, 0.1) is 23.3 Å². The zero-order valence-corrected chi connectivity index (χ0v) is 39.7. The van der Waals surface area contributed by atoms with Gasteiger partial charge in [-0.15, -0.1) is 22.7 Å². The van der Waals surface area contributed by atoms with Crippen LogP contribution in [-0.2, 0) is 17.8 Å². The minimum Gasteiger partial charge on any atom is -0.444 e. The Bertz CT molecular complexity index is 2360. The third kappa shape index (κ3) is 13.0. The molecule has 0 radical (unpaired) electrons. The Labute approximate surface area is 377 Å². The van der Waals surface area contributed by atoms with E-state index in [9.17, 15) is 34.2 Å². The third-order valence-corrected chi connectivity index (χ3v) is 14.5. The van der Waals surface area contributed by atoms with Gasteiger partial charge in [-0.25, -0.2) is 4.79 Å². The first-order valence-electron chi connectivity index (χ1n) is 21.9. The summed E-state index contributed by atoms with van der Waals surface area (Å²) < 4.78 is 5.34. The summed E-state index contributed by atoms with van der Waals surface area (Å²) in [7, 11) is 0. The summed E-state index contributed by atoms with van der Waals surface area (Å²) in [6.45, 7) is 16.9. The molecule has 63 heavy (non-hydrogen) atoms. The molecule has 16 heteroatoms. The lowest BCUT2D eigenvalue weighted by Gasteiger charge is -2.32. The van der Waals surface area contributed by atoms with Gasteiger partial charge in [0.25, 0.3) is 22.9 Å². The Hall–Kier alpha value is -4.61. The number of amides is 3. The first-order valence-corrected chi connectivity index (χ1v) is 23.6. The van der Waals surface area contributed by atoms with Crippen LogP contribution in [0.25, 0.3) is 0 Å². The van der Waals surface area contributed by atoms with Crippen molar-refractivity contribution in [3.8, 4) is 0 Å². The van der Waals surface area contributed by atoms with Gasteiger partial charge in [0.2, 0.25) is 0 Å². The second kappa shape index (κ2) is 21.4. The maximum atomic E-state index is 12.8. The SMILES string of the molecule is Cc1cc(C)c(CNC(=O)c2csc(C(O)C3CCC(N)CC3)c2C)c(=O)[nH]1.Cc1cc(C)c(CNC(=O)c2csc(C(O)C3CCC(NC(=O)OC(C)(C)C)CC3)c2C)c(=O)[nH]1. The molecule has 14 nitrogen and oxygen atoms in total. The van der Waals surface area contributed by atoms with Crippen molar-refractivity contribution in [2.75, 3.05) is 0 Å². The molecular formula is C47H66N6O8S2. The van der Waals surface area contributed by atoms with Crippen molar-refractivity contribution in [3.05, 3.63) is 109 Å². The fourth-order valence-corrected chi connectivity index (χ4v) is 10.9. The van der Waals surface area contributed by atoms with Crippen LogP contribution in [0.1, 0.15) is 160 Å². The summed E-state index contributed by atoms with van der Waals surface area (Å²) >= 11 is 2.81. The molecule has 4 aromatic rings. The Kier molecular flexibility index (Phi) is 16.8. The maximum Gasteiger partial charge on any atom is 0.407 e. The fourth-order valence-electron chi connectivity index (χ4n) is 8.57. The summed E-state index contributed by atoms with van der Waals surface area (Å²) in [4.78, 5) is 69.1. The standard InChI is InChI=1S/C26H37N3O5S.C21H29N3O3S/c1-14-11-15(2)28-24(32)19(14)12-27-23(31)20-13-35-22(16(20)3)21(30)17-7-9-18(10-8-17)29-25(33)34-26(4,5)6;1-11-8-12(2)24-21(27)16(11)9-23-20(26)17-10-28-19(13(17)3)18(25)14-4-6-15(22)7-5-14/h11,13,17-18,21,30H,7-10,12H2,1-6H3,(H,27,31)(H,28,32)(H,29,33);8,10,14-15,18,25H,4-7,9,22H2,1-3H3,(H,23,26)(H,24,27). The first-order chi connectivity index (χ1) is 29.6. The van der Waals surface area contributed by atoms with Crippen molar-refractivity contribution in [2.24, 2.45) is 17.6 Å². The summed E-state index contributed by atoms with van der Waals surface area (Å²) in [6, 6.07) is 4.05. The van der Waals surface area contributed by atoms with E-state index in [0.717, 1.165) is 94.8 Å². The van der Waals surface area contributed by atoms with E-state index in [-0.39, 0.29) is 59.9 Å². The lowest BCUT2D eigenvalue weighted by Crippen LogP contribution is -2.41. The number of carbonyl (C=O) groups excluding carboxylic acids is 3. The number of pyridine rings is 2. The van der Waals surface area contributed by atoms with E-state index in [1.54, 1.807) is 10.8 Å². The summed E-state index contributed by atoms with van der Waals surface area (Å²) in [6.07, 6.45) is 5.15. The quantitative estimate of drug-likeness (QED) is 0.0757. The molecule has 0 aromatic carbocycles. The Morgan fingerprint density at radius 2 is 1.11 bits per heavy atom. The number of ether oxygens (including phenoxy) is 1. The van der Waals surface area contributed by atoms with E-state index < -0.39 is 23.9 Å². The van der Waals surface area contributed by atoms with Gasteiger partial charge in [0, 0.05) is 68.2 Å². The van der Waals surface area contributed by atoms with E-state index in [1.807, 2.05) is 74.4 Å². The van der Waals surface area contributed by atoms with Gasteiger partial charge in [-0.2, -0.15) is 0 Å². The largest absolute Gasteiger partial charge is 0.444 e. The topological polar surface area (TPSA) is 229 Å². The molecule has 9 N–H and O–H groups in total. The number of nitrogens with two attached hydrogens (primary N) is 1. The Balaban J connectivity index is 0.000000243. The average molecular weight is 907 g/mol. The number of aryl methyl sites for hydroxylation is 4. The second-order valence-corrected chi connectivity index (χ2v) is 20.2. The molecule has 2 aliphatic carbocycles. The smallest absolute Gasteiger partial charge is 0.407 e. The average Bonchev–Trinajstić information content (AvgIpc) is 3.78. The highest BCUT2D eigenvalue weighted by atomic mass is 32.1. The van der Waals surface area contributed by atoms with E-state index in [4.69, 9.17) is 10.5 Å². The molecule has 2 aliphatic rings. The molecule has 0 aliphatic heterocycles. The highest BCUT2D eigenvalue weighted by Gasteiger charge is 2.32. The molecule has 0 saturated heterocycles. The highest BCUT2D eigenvalue weighted by molar-refractivity contribution is 7.10. The molecule has 3 amide bonds. The van der Waals surface area contributed by atoms with Crippen LogP contribution in [0.3, 0.4) is 0 Å². The van der Waals surface area contributed by atoms with Crippen LogP contribution in [-0.4, -0.2) is 55.8 Å². The predicted molar refractivity (Wildman–Crippen MR) is 248 cm³/mol. The first kappa shape index (κ1) is 49.4. The number of alkyl carbamates (subject to hydrolysis) is 1. The van der Waals surface area contributed by atoms with Crippen LogP contribution in [0.2, 0.25) is 0 Å². The second-order valence-electron chi connectivity index (χ2n) is 18.4. The molecule has 4 aromatic heterocycles. The number of thiophene rings is 2. The Morgan fingerprint density at radius 1 is 0.714 bits per heavy atom. The lowest BCUT2D eigenvalue weighted by atomic mass is 9.81. The van der Waals surface area contributed by atoms with Crippen LogP contribution in [0.5, 0.6) is 0 Å². The van der Waals surface area contributed by atoms with Gasteiger partial charge in [0.15, 0.2) is 0 Å². The van der Waals surface area contributed by atoms with Crippen molar-refractivity contribution in [1.29, 1.82) is 0 Å². The summed E-state index contributed by atoms with van der Waals surface area (Å²) in [5, 5.41) is 34.1. The van der Waals surface area contributed by atoms with E-state index in [0.29, 0.717) is 22.3 Å². The number of carbonyl (C=O) groups is 3. The van der Waals surface area contributed by atoms with Crippen molar-refractivity contribution in [3.63, 3.8) is 0 Å². The van der Waals surface area contributed by atoms with Crippen molar-refractivity contribution in [1.82, 2.24) is 25.9 Å².